The fraction of sp³-hybridized carbons (Fsp3) is 0.400. The van der Waals surface area contributed by atoms with E-state index in [1.54, 1.807) is 30.3 Å². The third kappa shape index (κ3) is 5.10. The third-order valence-corrected chi connectivity index (χ3v) is 6.03. The average molecular weight is 470 g/mol. The molecule has 0 aliphatic carbocycles. The number of carbonyl (C=O) groups excluding carboxylic acids is 3. The zero-order valence-electron chi connectivity index (χ0n) is 19.1. The van der Waals surface area contributed by atoms with Crippen molar-refractivity contribution in [2.24, 2.45) is 0 Å². The van der Waals surface area contributed by atoms with Crippen LogP contribution in [0, 0.1) is 5.82 Å². The van der Waals surface area contributed by atoms with Gasteiger partial charge in [0.2, 0.25) is 5.91 Å². The number of imide groups is 1. The van der Waals surface area contributed by atoms with E-state index in [0.717, 1.165) is 4.90 Å². The molecule has 0 radical (unpaired) electrons. The first kappa shape index (κ1) is 23.8. The van der Waals surface area contributed by atoms with Crippen LogP contribution in [0.4, 0.5) is 10.1 Å². The van der Waals surface area contributed by atoms with Crippen molar-refractivity contribution in [3.63, 3.8) is 0 Å². The van der Waals surface area contributed by atoms with Gasteiger partial charge in [-0.15, -0.1) is 0 Å². The zero-order chi connectivity index (χ0) is 24.1. The van der Waals surface area contributed by atoms with E-state index in [1.165, 1.54) is 23.1 Å². The number of benzene rings is 2. The van der Waals surface area contributed by atoms with Gasteiger partial charge in [0.25, 0.3) is 11.8 Å². The molecule has 0 saturated carbocycles. The standard InChI is InChI=1S/C25H28FN3O5/c1-2-34-19-9-7-18(8-10-19)29-23(30)17-22(25(29)32)28(12-11-27-13-15-33-16-14-27)24(31)20-5-3-4-6-21(20)26/h3-10,22H,2,11-17H2,1H3. The van der Waals surface area contributed by atoms with Crippen molar-refractivity contribution >= 4 is 23.4 Å². The van der Waals surface area contributed by atoms with E-state index >= 15 is 0 Å². The molecular weight excluding hydrogens is 441 g/mol. The van der Waals surface area contributed by atoms with Gasteiger partial charge >= 0.3 is 0 Å². The quantitative estimate of drug-likeness (QED) is 0.553. The molecule has 0 aromatic heterocycles. The first-order valence-electron chi connectivity index (χ1n) is 11.4. The molecule has 8 nitrogen and oxygen atoms in total. The number of ether oxygens (including phenoxy) is 2. The van der Waals surface area contributed by atoms with E-state index in [9.17, 15) is 18.8 Å². The van der Waals surface area contributed by atoms with E-state index in [0.29, 0.717) is 50.9 Å². The van der Waals surface area contributed by atoms with Gasteiger partial charge in [0.05, 0.1) is 37.5 Å². The van der Waals surface area contributed by atoms with E-state index in [-0.39, 0.29) is 18.5 Å². The van der Waals surface area contributed by atoms with Gasteiger partial charge in [-0.3, -0.25) is 19.3 Å². The monoisotopic (exact) mass is 469 g/mol. The predicted octanol–water partition coefficient (Wildman–Crippen LogP) is 2.33. The second kappa shape index (κ2) is 10.8. The number of nitrogens with zero attached hydrogens (tertiary/aromatic N) is 3. The molecule has 3 amide bonds. The van der Waals surface area contributed by atoms with E-state index in [2.05, 4.69) is 4.90 Å². The Kier molecular flexibility index (Phi) is 7.54. The highest BCUT2D eigenvalue weighted by atomic mass is 19.1. The number of carbonyl (C=O) groups is 3. The van der Waals surface area contributed by atoms with E-state index in [1.807, 2.05) is 6.92 Å². The molecule has 1 unspecified atom stereocenters. The van der Waals surface area contributed by atoms with Crippen LogP contribution in [0.25, 0.3) is 0 Å². The number of hydrogen-bond donors (Lipinski definition) is 0. The second-order valence-corrected chi connectivity index (χ2v) is 8.15. The normalized spacial score (nSPS) is 18.9. The largest absolute Gasteiger partial charge is 0.494 e. The van der Waals surface area contributed by atoms with Crippen LogP contribution in [0.2, 0.25) is 0 Å². The summed E-state index contributed by atoms with van der Waals surface area (Å²) < 4.78 is 25.2. The van der Waals surface area contributed by atoms with Gasteiger partial charge in [0.15, 0.2) is 0 Å². The van der Waals surface area contributed by atoms with Gasteiger partial charge < -0.3 is 14.4 Å². The molecule has 0 N–H and O–H groups in total. The molecule has 2 saturated heterocycles. The fourth-order valence-electron chi connectivity index (χ4n) is 4.25. The lowest BCUT2D eigenvalue weighted by Crippen LogP contribution is -2.49. The lowest BCUT2D eigenvalue weighted by molar-refractivity contribution is -0.122. The number of halogens is 1. The molecule has 34 heavy (non-hydrogen) atoms. The highest BCUT2D eigenvalue weighted by Crippen LogP contribution is 2.28. The molecule has 0 bridgehead atoms. The minimum atomic E-state index is -1.01. The Morgan fingerprint density at radius 2 is 1.82 bits per heavy atom. The van der Waals surface area contributed by atoms with Crippen LogP contribution in [0.15, 0.2) is 48.5 Å². The Balaban J connectivity index is 1.58. The molecule has 1 atom stereocenters. The van der Waals surface area contributed by atoms with E-state index in [4.69, 9.17) is 9.47 Å². The van der Waals surface area contributed by atoms with E-state index < -0.39 is 29.6 Å². The van der Waals surface area contributed by atoms with Crippen molar-refractivity contribution in [2.75, 3.05) is 50.9 Å². The molecule has 180 valence electrons. The number of hydrogen-bond acceptors (Lipinski definition) is 6. The maximum atomic E-state index is 14.4. The Morgan fingerprint density at radius 3 is 2.50 bits per heavy atom. The maximum Gasteiger partial charge on any atom is 0.257 e. The number of morpholine rings is 1. The topological polar surface area (TPSA) is 79.4 Å². The predicted molar refractivity (Wildman–Crippen MR) is 123 cm³/mol. The summed E-state index contributed by atoms with van der Waals surface area (Å²) in [4.78, 5) is 44.2. The lowest BCUT2D eigenvalue weighted by atomic mass is 10.1. The molecule has 0 spiro atoms. The lowest BCUT2D eigenvalue weighted by Gasteiger charge is -2.32. The Hall–Kier alpha value is -3.30. The second-order valence-electron chi connectivity index (χ2n) is 8.15. The van der Waals surface area contributed by atoms with Crippen LogP contribution in [-0.2, 0) is 14.3 Å². The number of rotatable bonds is 8. The third-order valence-electron chi connectivity index (χ3n) is 6.03. The first-order valence-corrected chi connectivity index (χ1v) is 11.4. The summed E-state index contributed by atoms with van der Waals surface area (Å²) in [6.45, 7) is 5.64. The molecule has 2 heterocycles. The molecule has 2 aliphatic rings. The Morgan fingerprint density at radius 1 is 1.12 bits per heavy atom. The minimum Gasteiger partial charge on any atom is -0.494 e. The molecule has 2 aromatic carbocycles. The molecule has 9 heteroatoms. The number of amides is 3. The Labute approximate surface area is 197 Å². The molecule has 2 aliphatic heterocycles. The van der Waals surface area contributed by atoms with Crippen LogP contribution in [0.1, 0.15) is 23.7 Å². The summed E-state index contributed by atoms with van der Waals surface area (Å²) in [6, 6.07) is 11.3. The average Bonchev–Trinajstić information content (AvgIpc) is 3.14. The maximum absolute atomic E-state index is 14.4. The van der Waals surface area contributed by atoms with Crippen molar-refractivity contribution in [2.45, 2.75) is 19.4 Å². The summed E-state index contributed by atoms with van der Waals surface area (Å²) in [6.07, 6.45) is -0.157. The Bertz CT molecular complexity index is 1040. The highest BCUT2D eigenvalue weighted by Gasteiger charge is 2.44. The smallest absolute Gasteiger partial charge is 0.257 e. The van der Waals surface area contributed by atoms with Gasteiger partial charge in [-0.05, 0) is 43.3 Å². The summed E-state index contributed by atoms with van der Waals surface area (Å²) >= 11 is 0. The summed E-state index contributed by atoms with van der Waals surface area (Å²) in [5.41, 5.74) is 0.289. The summed E-state index contributed by atoms with van der Waals surface area (Å²) in [5, 5.41) is 0. The van der Waals surface area contributed by atoms with Crippen molar-refractivity contribution in [1.82, 2.24) is 9.80 Å². The molecule has 2 aromatic rings. The first-order chi connectivity index (χ1) is 16.5. The van der Waals surface area contributed by atoms with Gasteiger partial charge in [0.1, 0.15) is 17.6 Å². The van der Waals surface area contributed by atoms with Gasteiger partial charge in [0, 0.05) is 26.2 Å². The summed E-state index contributed by atoms with van der Waals surface area (Å²) in [7, 11) is 0. The van der Waals surface area contributed by atoms with Crippen LogP contribution in [0.5, 0.6) is 5.75 Å². The zero-order valence-corrected chi connectivity index (χ0v) is 19.1. The van der Waals surface area contributed by atoms with Gasteiger partial charge in [-0.2, -0.15) is 0 Å². The van der Waals surface area contributed by atoms with Crippen molar-refractivity contribution in [3.8, 4) is 5.75 Å². The SMILES string of the molecule is CCOc1ccc(N2C(=O)CC(N(CCN3CCOCC3)C(=O)c3ccccc3F)C2=O)cc1. The van der Waals surface area contributed by atoms with Crippen LogP contribution < -0.4 is 9.64 Å². The molecular formula is C25H28FN3O5. The molecule has 2 fully saturated rings. The van der Waals surface area contributed by atoms with Crippen LogP contribution in [-0.4, -0.2) is 79.6 Å². The van der Waals surface area contributed by atoms with Crippen molar-refractivity contribution in [1.29, 1.82) is 0 Å². The summed E-state index contributed by atoms with van der Waals surface area (Å²) in [5.74, 6) is -1.54. The van der Waals surface area contributed by atoms with Crippen LogP contribution >= 0.6 is 0 Å². The van der Waals surface area contributed by atoms with Gasteiger partial charge in [-0.1, -0.05) is 12.1 Å². The highest BCUT2D eigenvalue weighted by molar-refractivity contribution is 6.23. The van der Waals surface area contributed by atoms with Crippen LogP contribution in [0.3, 0.4) is 0 Å². The number of anilines is 1. The minimum absolute atomic E-state index is 0.121. The fourth-order valence-corrected chi connectivity index (χ4v) is 4.25. The van der Waals surface area contributed by atoms with Crippen molar-refractivity contribution in [3.05, 3.63) is 59.9 Å². The van der Waals surface area contributed by atoms with Crippen molar-refractivity contribution < 1.29 is 28.2 Å². The molecule has 4 rings (SSSR count). The van der Waals surface area contributed by atoms with Gasteiger partial charge in [-0.25, -0.2) is 9.29 Å².